The molecule has 0 unspecified atom stereocenters. The van der Waals surface area contributed by atoms with Gasteiger partial charge in [0.2, 0.25) is 15.9 Å². The summed E-state index contributed by atoms with van der Waals surface area (Å²) in [6.45, 7) is 1.99. The van der Waals surface area contributed by atoms with E-state index in [1.807, 2.05) is 0 Å². The van der Waals surface area contributed by atoms with Crippen molar-refractivity contribution in [3.63, 3.8) is 0 Å². The van der Waals surface area contributed by atoms with Crippen molar-refractivity contribution in [1.82, 2.24) is 9.62 Å². The maximum Gasteiger partial charge on any atom is 0.243 e. The van der Waals surface area contributed by atoms with Crippen LogP contribution in [-0.4, -0.2) is 37.5 Å². The largest absolute Gasteiger partial charge is 0.352 e. The summed E-state index contributed by atoms with van der Waals surface area (Å²) < 4.78 is 40.6. The Morgan fingerprint density at radius 3 is 2.28 bits per heavy atom. The van der Waals surface area contributed by atoms with Crippen LogP contribution in [0.25, 0.3) is 0 Å². The Morgan fingerprint density at radius 1 is 1.07 bits per heavy atom. The summed E-state index contributed by atoms with van der Waals surface area (Å²) in [5.74, 6) is -1.01. The van der Waals surface area contributed by atoms with Crippen LogP contribution in [0.15, 0.2) is 53.4 Å². The molecular formula is C21H23FN2O4S. The standard InChI is InChI=1S/C21H23FN2O4S/c1-15(25)16-6-8-19(9-7-16)29(27,28)24-12-10-17(11-13-24)21(26)23-14-18-4-2-3-5-20(18)22/h2-9,17H,10-14H2,1H3,(H,23,26). The van der Waals surface area contributed by atoms with Crippen LogP contribution in [0.2, 0.25) is 0 Å². The molecule has 154 valence electrons. The molecule has 0 aliphatic carbocycles. The zero-order valence-electron chi connectivity index (χ0n) is 16.1. The number of hydrogen-bond donors (Lipinski definition) is 1. The van der Waals surface area contributed by atoms with Crippen molar-refractivity contribution in [1.29, 1.82) is 0 Å². The number of piperidine rings is 1. The summed E-state index contributed by atoms with van der Waals surface area (Å²) in [4.78, 5) is 23.9. The number of ketones is 1. The monoisotopic (exact) mass is 418 g/mol. The molecule has 2 aromatic carbocycles. The average Bonchev–Trinajstić information content (AvgIpc) is 2.73. The Labute approximate surface area is 169 Å². The number of carbonyl (C=O) groups excluding carboxylic acids is 2. The minimum atomic E-state index is -3.67. The lowest BCUT2D eigenvalue weighted by molar-refractivity contribution is -0.126. The van der Waals surface area contributed by atoms with Gasteiger partial charge in [0.15, 0.2) is 5.78 Å². The molecule has 0 radical (unpaired) electrons. The van der Waals surface area contributed by atoms with Gasteiger partial charge in [0, 0.05) is 36.7 Å². The number of sulfonamides is 1. The molecular weight excluding hydrogens is 395 g/mol. The highest BCUT2D eigenvalue weighted by atomic mass is 32.2. The van der Waals surface area contributed by atoms with Crippen LogP contribution in [-0.2, 0) is 21.4 Å². The lowest BCUT2D eigenvalue weighted by atomic mass is 9.97. The molecule has 3 rings (SSSR count). The summed E-state index contributed by atoms with van der Waals surface area (Å²) in [5.41, 5.74) is 0.865. The van der Waals surface area contributed by atoms with E-state index >= 15 is 0 Å². The highest BCUT2D eigenvalue weighted by molar-refractivity contribution is 7.89. The average molecular weight is 418 g/mol. The van der Waals surface area contributed by atoms with Gasteiger partial charge in [-0.1, -0.05) is 30.3 Å². The second-order valence-corrected chi connectivity index (χ2v) is 9.01. The predicted octanol–water partition coefficient (Wildman–Crippen LogP) is 2.75. The van der Waals surface area contributed by atoms with Crippen LogP contribution in [0, 0.1) is 11.7 Å². The molecule has 0 saturated carbocycles. The summed E-state index contributed by atoms with van der Waals surface area (Å²) >= 11 is 0. The fourth-order valence-electron chi connectivity index (χ4n) is 3.34. The molecule has 0 bridgehead atoms. The quantitative estimate of drug-likeness (QED) is 0.731. The number of halogens is 1. The van der Waals surface area contributed by atoms with Crippen LogP contribution in [0.5, 0.6) is 0 Å². The highest BCUT2D eigenvalue weighted by Crippen LogP contribution is 2.24. The first-order valence-electron chi connectivity index (χ1n) is 9.41. The molecule has 1 N–H and O–H groups in total. The van der Waals surface area contributed by atoms with Crippen LogP contribution in [0.1, 0.15) is 35.7 Å². The molecule has 0 spiro atoms. The number of amides is 1. The van der Waals surface area contributed by atoms with Crippen molar-refractivity contribution in [2.24, 2.45) is 5.92 Å². The third-order valence-corrected chi connectivity index (χ3v) is 7.05. The molecule has 1 saturated heterocycles. The summed E-state index contributed by atoms with van der Waals surface area (Å²) in [7, 11) is -3.67. The van der Waals surface area contributed by atoms with Gasteiger partial charge >= 0.3 is 0 Å². The number of nitrogens with zero attached hydrogens (tertiary/aromatic N) is 1. The van der Waals surface area contributed by atoms with Crippen LogP contribution >= 0.6 is 0 Å². The maximum atomic E-state index is 13.7. The Hall–Kier alpha value is -2.58. The Kier molecular flexibility index (Phi) is 6.44. The van der Waals surface area contributed by atoms with Gasteiger partial charge in [0.05, 0.1) is 4.90 Å². The third kappa shape index (κ3) is 4.89. The van der Waals surface area contributed by atoms with E-state index < -0.39 is 10.0 Å². The number of nitrogens with one attached hydrogen (secondary N) is 1. The predicted molar refractivity (Wildman–Crippen MR) is 106 cm³/mol. The minimum absolute atomic E-state index is 0.104. The van der Waals surface area contributed by atoms with Crippen LogP contribution < -0.4 is 5.32 Å². The van der Waals surface area contributed by atoms with E-state index in [9.17, 15) is 22.4 Å². The first kappa shape index (κ1) is 21.1. The van der Waals surface area contributed by atoms with Crippen molar-refractivity contribution in [2.75, 3.05) is 13.1 Å². The van der Waals surface area contributed by atoms with Gasteiger partial charge in [-0.2, -0.15) is 4.31 Å². The van der Waals surface area contributed by atoms with Gasteiger partial charge in [-0.05, 0) is 38.0 Å². The molecule has 6 nitrogen and oxygen atoms in total. The third-order valence-electron chi connectivity index (χ3n) is 5.13. The molecule has 0 aromatic heterocycles. The normalized spacial score (nSPS) is 15.8. The molecule has 1 heterocycles. The summed E-state index contributed by atoms with van der Waals surface area (Å²) in [5, 5.41) is 2.73. The highest BCUT2D eigenvalue weighted by Gasteiger charge is 2.32. The van der Waals surface area contributed by atoms with E-state index in [-0.39, 0.29) is 48.0 Å². The SMILES string of the molecule is CC(=O)c1ccc(S(=O)(=O)N2CCC(C(=O)NCc3ccccc3F)CC2)cc1. The van der Waals surface area contributed by atoms with Crippen molar-refractivity contribution in [2.45, 2.75) is 31.2 Å². The molecule has 2 aromatic rings. The molecule has 29 heavy (non-hydrogen) atoms. The van der Waals surface area contributed by atoms with Crippen molar-refractivity contribution < 1.29 is 22.4 Å². The van der Waals surface area contributed by atoms with Gasteiger partial charge in [0.25, 0.3) is 0 Å². The first-order valence-corrected chi connectivity index (χ1v) is 10.9. The minimum Gasteiger partial charge on any atom is -0.352 e. The zero-order valence-corrected chi connectivity index (χ0v) is 16.9. The maximum absolute atomic E-state index is 13.7. The number of carbonyl (C=O) groups is 2. The zero-order chi connectivity index (χ0) is 21.0. The van der Waals surface area contributed by atoms with Crippen LogP contribution in [0.4, 0.5) is 4.39 Å². The van der Waals surface area contributed by atoms with E-state index in [4.69, 9.17) is 0 Å². The number of rotatable bonds is 6. The van der Waals surface area contributed by atoms with Gasteiger partial charge in [-0.15, -0.1) is 0 Å². The molecule has 1 amide bonds. The molecule has 0 atom stereocenters. The summed E-state index contributed by atoms with van der Waals surface area (Å²) in [6, 6.07) is 12.1. The second-order valence-electron chi connectivity index (χ2n) is 7.07. The van der Waals surface area contributed by atoms with Gasteiger partial charge in [-0.25, -0.2) is 12.8 Å². The molecule has 1 aliphatic rings. The topological polar surface area (TPSA) is 83.6 Å². The fourth-order valence-corrected chi connectivity index (χ4v) is 4.81. The van der Waals surface area contributed by atoms with Gasteiger partial charge < -0.3 is 5.32 Å². The lowest BCUT2D eigenvalue weighted by Gasteiger charge is -2.30. The van der Waals surface area contributed by atoms with E-state index in [0.717, 1.165) is 0 Å². The number of hydrogen-bond acceptors (Lipinski definition) is 4. The van der Waals surface area contributed by atoms with E-state index in [0.29, 0.717) is 24.0 Å². The molecule has 8 heteroatoms. The first-order chi connectivity index (χ1) is 13.8. The Bertz CT molecular complexity index is 998. The Morgan fingerprint density at radius 2 is 1.69 bits per heavy atom. The Balaban J connectivity index is 1.57. The van der Waals surface area contributed by atoms with Gasteiger partial charge in [-0.3, -0.25) is 9.59 Å². The van der Waals surface area contributed by atoms with Crippen molar-refractivity contribution in [3.8, 4) is 0 Å². The van der Waals surface area contributed by atoms with E-state index in [1.165, 1.54) is 41.6 Å². The molecule has 1 aliphatic heterocycles. The lowest BCUT2D eigenvalue weighted by Crippen LogP contribution is -2.42. The van der Waals surface area contributed by atoms with Gasteiger partial charge in [0.1, 0.15) is 5.82 Å². The smallest absolute Gasteiger partial charge is 0.243 e. The fraction of sp³-hybridized carbons (Fsp3) is 0.333. The number of Topliss-reactive ketones (excluding diaryl/α,β-unsaturated/α-hetero) is 1. The molecule has 1 fully saturated rings. The van der Waals surface area contributed by atoms with Crippen molar-refractivity contribution >= 4 is 21.7 Å². The van der Waals surface area contributed by atoms with Crippen molar-refractivity contribution in [3.05, 3.63) is 65.5 Å². The second kappa shape index (κ2) is 8.84. The van der Waals surface area contributed by atoms with Crippen LogP contribution in [0.3, 0.4) is 0 Å². The summed E-state index contributed by atoms with van der Waals surface area (Å²) in [6.07, 6.45) is 0.793. The van der Waals surface area contributed by atoms with E-state index in [2.05, 4.69) is 5.32 Å². The number of benzene rings is 2. The van der Waals surface area contributed by atoms with E-state index in [1.54, 1.807) is 18.2 Å².